The Morgan fingerprint density at radius 2 is 2.14 bits per heavy atom. The van der Waals surface area contributed by atoms with Crippen LogP contribution < -0.4 is 5.73 Å². The van der Waals surface area contributed by atoms with Gasteiger partial charge < -0.3 is 15.4 Å². The van der Waals surface area contributed by atoms with E-state index in [1.165, 1.54) is 0 Å². The minimum absolute atomic E-state index is 0.111. The summed E-state index contributed by atoms with van der Waals surface area (Å²) in [6.45, 7) is 5.31. The van der Waals surface area contributed by atoms with Gasteiger partial charge >= 0.3 is 0 Å². The standard InChI is InChI=1S/C10H18N2O2/c1-7-6-14-8(2)5-12(7)9(13)10(11)3-4-10/h7-8H,3-6,11H2,1-2H3. The van der Waals surface area contributed by atoms with Crippen molar-refractivity contribution < 1.29 is 9.53 Å². The summed E-state index contributed by atoms with van der Waals surface area (Å²) in [5.41, 5.74) is 5.36. The van der Waals surface area contributed by atoms with E-state index in [4.69, 9.17) is 10.5 Å². The number of hydrogen-bond acceptors (Lipinski definition) is 3. The van der Waals surface area contributed by atoms with Crippen molar-refractivity contribution in [1.82, 2.24) is 4.90 Å². The highest BCUT2D eigenvalue weighted by Crippen LogP contribution is 2.35. The minimum Gasteiger partial charge on any atom is -0.375 e. The van der Waals surface area contributed by atoms with Gasteiger partial charge in [-0.2, -0.15) is 0 Å². The molecule has 0 spiro atoms. The van der Waals surface area contributed by atoms with Crippen LogP contribution in [-0.2, 0) is 9.53 Å². The molecule has 1 saturated heterocycles. The van der Waals surface area contributed by atoms with Gasteiger partial charge in [0, 0.05) is 6.54 Å². The SMILES string of the molecule is CC1CN(C(=O)C2(N)CC2)C(C)CO1. The Bertz CT molecular complexity index is 251. The van der Waals surface area contributed by atoms with Gasteiger partial charge in [0.2, 0.25) is 5.91 Å². The molecule has 1 heterocycles. The van der Waals surface area contributed by atoms with Gasteiger partial charge in [0.15, 0.2) is 0 Å². The Morgan fingerprint density at radius 1 is 1.50 bits per heavy atom. The van der Waals surface area contributed by atoms with Gasteiger partial charge in [0.05, 0.1) is 24.3 Å². The van der Waals surface area contributed by atoms with Gasteiger partial charge in [-0.3, -0.25) is 4.79 Å². The second-order valence-electron chi connectivity index (χ2n) is 4.61. The summed E-state index contributed by atoms with van der Waals surface area (Å²) >= 11 is 0. The largest absolute Gasteiger partial charge is 0.375 e. The average molecular weight is 198 g/mol. The summed E-state index contributed by atoms with van der Waals surface area (Å²) in [5.74, 6) is 0.111. The number of carbonyl (C=O) groups is 1. The maximum absolute atomic E-state index is 12.0. The molecule has 1 aliphatic carbocycles. The minimum atomic E-state index is -0.536. The topological polar surface area (TPSA) is 55.6 Å². The Kier molecular flexibility index (Phi) is 2.27. The van der Waals surface area contributed by atoms with E-state index in [0.717, 1.165) is 12.8 Å². The third-order valence-corrected chi connectivity index (χ3v) is 3.08. The zero-order valence-electron chi connectivity index (χ0n) is 8.82. The molecule has 2 fully saturated rings. The molecule has 80 valence electrons. The van der Waals surface area contributed by atoms with Gasteiger partial charge in [-0.25, -0.2) is 0 Å². The molecule has 0 radical (unpaired) electrons. The molecule has 0 bridgehead atoms. The van der Waals surface area contributed by atoms with Crippen LogP contribution in [0.4, 0.5) is 0 Å². The molecule has 2 rings (SSSR count). The van der Waals surface area contributed by atoms with Crippen LogP contribution in [-0.4, -0.2) is 41.6 Å². The summed E-state index contributed by atoms with van der Waals surface area (Å²) in [4.78, 5) is 13.9. The molecule has 1 aliphatic heterocycles. The molecule has 2 aliphatic rings. The molecule has 0 aromatic heterocycles. The zero-order chi connectivity index (χ0) is 10.3. The van der Waals surface area contributed by atoms with E-state index in [1.807, 2.05) is 18.7 Å². The Morgan fingerprint density at radius 3 is 2.71 bits per heavy atom. The maximum Gasteiger partial charge on any atom is 0.243 e. The lowest BCUT2D eigenvalue weighted by atomic mass is 10.1. The van der Waals surface area contributed by atoms with Crippen LogP contribution in [0.25, 0.3) is 0 Å². The zero-order valence-corrected chi connectivity index (χ0v) is 8.82. The van der Waals surface area contributed by atoms with E-state index < -0.39 is 5.54 Å². The second-order valence-corrected chi connectivity index (χ2v) is 4.61. The molecule has 2 atom stereocenters. The summed E-state index contributed by atoms with van der Waals surface area (Å²) < 4.78 is 5.47. The predicted molar refractivity (Wildman–Crippen MR) is 52.7 cm³/mol. The summed E-state index contributed by atoms with van der Waals surface area (Å²) in [6.07, 6.45) is 1.81. The highest BCUT2D eigenvalue weighted by molar-refractivity contribution is 5.89. The van der Waals surface area contributed by atoms with Crippen LogP contribution >= 0.6 is 0 Å². The summed E-state index contributed by atoms with van der Waals surface area (Å²) in [6, 6.07) is 0.166. The lowest BCUT2D eigenvalue weighted by Gasteiger charge is -2.38. The van der Waals surface area contributed by atoms with Crippen molar-refractivity contribution in [3.63, 3.8) is 0 Å². The van der Waals surface area contributed by atoms with E-state index >= 15 is 0 Å². The first-order valence-corrected chi connectivity index (χ1v) is 5.24. The summed E-state index contributed by atoms with van der Waals surface area (Å²) in [5, 5.41) is 0. The Balaban J connectivity index is 2.04. The Hall–Kier alpha value is -0.610. The van der Waals surface area contributed by atoms with Crippen LogP contribution in [0.2, 0.25) is 0 Å². The van der Waals surface area contributed by atoms with E-state index in [1.54, 1.807) is 0 Å². The van der Waals surface area contributed by atoms with Gasteiger partial charge in [0.1, 0.15) is 0 Å². The number of morpholine rings is 1. The number of nitrogens with two attached hydrogens (primary N) is 1. The molecule has 4 nitrogen and oxygen atoms in total. The van der Waals surface area contributed by atoms with Crippen molar-refractivity contribution in [1.29, 1.82) is 0 Å². The number of amides is 1. The van der Waals surface area contributed by atoms with E-state index in [0.29, 0.717) is 13.2 Å². The van der Waals surface area contributed by atoms with E-state index in [2.05, 4.69) is 0 Å². The van der Waals surface area contributed by atoms with Gasteiger partial charge in [-0.05, 0) is 26.7 Å². The van der Waals surface area contributed by atoms with Crippen LogP contribution in [0.3, 0.4) is 0 Å². The predicted octanol–water partition coefficient (Wildman–Crippen LogP) is 0.113. The quantitative estimate of drug-likeness (QED) is 0.651. The van der Waals surface area contributed by atoms with Crippen LogP contribution in [0.15, 0.2) is 0 Å². The Labute approximate surface area is 84.4 Å². The van der Waals surface area contributed by atoms with Crippen molar-refractivity contribution in [2.45, 2.75) is 44.4 Å². The molecule has 14 heavy (non-hydrogen) atoms. The van der Waals surface area contributed by atoms with Crippen LogP contribution in [0, 0.1) is 0 Å². The van der Waals surface area contributed by atoms with Gasteiger partial charge in [0.25, 0.3) is 0 Å². The molecule has 2 unspecified atom stereocenters. The van der Waals surface area contributed by atoms with Crippen molar-refractivity contribution in [2.24, 2.45) is 5.73 Å². The number of carbonyl (C=O) groups excluding carboxylic acids is 1. The second kappa shape index (κ2) is 3.21. The highest BCUT2D eigenvalue weighted by atomic mass is 16.5. The number of ether oxygens (including phenoxy) is 1. The lowest BCUT2D eigenvalue weighted by molar-refractivity contribution is -0.145. The van der Waals surface area contributed by atoms with Crippen LogP contribution in [0.5, 0.6) is 0 Å². The van der Waals surface area contributed by atoms with E-state index in [9.17, 15) is 4.79 Å². The van der Waals surface area contributed by atoms with Gasteiger partial charge in [-0.15, -0.1) is 0 Å². The van der Waals surface area contributed by atoms with Crippen molar-refractivity contribution in [2.75, 3.05) is 13.2 Å². The third-order valence-electron chi connectivity index (χ3n) is 3.08. The first-order chi connectivity index (χ1) is 6.53. The molecule has 2 N–H and O–H groups in total. The monoisotopic (exact) mass is 198 g/mol. The number of hydrogen-bond donors (Lipinski definition) is 1. The normalized spacial score (nSPS) is 35.5. The number of nitrogens with zero attached hydrogens (tertiary/aromatic N) is 1. The molecule has 4 heteroatoms. The maximum atomic E-state index is 12.0. The molecule has 1 amide bonds. The first kappa shape index (κ1) is 9.93. The summed E-state index contributed by atoms with van der Waals surface area (Å²) in [7, 11) is 0. The first-order valence-electron chi connectivity index (χ1n) is 5.24. The molecule has 0 aromatic rings. The van der Waals surface area contributed by atoms with Crippen molar-refractivity contribution in [3.8, 4) is 0 Å². The fraction of sp³-hybridized carbons (Fsp3) is 0.900. The average Bonchev–Trinajstić information content (AvgIpc) is 2.88. The fourth-order valence-corrected chi connectivity index (χ4v) is 1.82. The molecule has 0 aromatic carbocycles. The van der Waals surface area contributed by atoms with Crippen molar-refractivity contribution >= 4 is 5.91 Å². The lowest BCUT2D eigenvalue weighted by Crippen LogP contribution is -2.56. The van der Waals surface area contributed by atoms with E-state index in [-0.39, 0.29) is 18.1 Å². The third kappa shape index (κ3) is 1.64. The molecular formula is C10H18N2O2. The molecular weight excluding hydrogens is 180 g/mol. The smallest absolute Gasteiger partial charge is 0.243 e. The van der Waals surface area contributed by atoms with Gasteiger partial charge in [-0.1, -0.05) is 0 Å². The van der Waals surface area contributed by atoms with Crippen molar-refractivity contribution in [3.05, 3.63) is 0 Å². The molecule has 1 saturated carbocycles. The number of rotatable bonds is 1. The fourth-order valence-electron chi connectivity index (χ4n) is 1.82. The highest BCUT2D eigenvalue weighted by Gasteiger charge is 2.49. The van der Waals surface area contributed by atoms with Crippen LogP contribution in [0.1, 0.15) is 26.7 Å².